The lowest BCUT2D eigenvalue weighted by Gasteiger charge is -2.39. The Morgan fingerprint density at radius 1 is 0.951 bits per heavy atom. The maximum Gasteiger partial charge on any atom is 0.251 e. The number of amides is 4. The van der Waals surface area contributed by atoms with Crippen molar-refractivity contribution in [2.45, 2.75) is 84.3 Å². The van der Waals surface area contributed by atoms with Gasteiger partial charge in [-0.2, -0.15) is 0 Å². The fourth-order valence-corrected chi connectivity index (χ4v) is 8.60. The molecule has 0 spiro atoms. The Morgan fingerprint density at radius 3 is 2.39 bits per heavy atom. The molecule has 0 radical (unpaired) electrons. The number of nitrogens with one attached hydrogen (secondary N) is 4. The standard InChI is InChI=1S/C44H48N10O6S/c1-25-36(61-24-48-25)28-9-7-26(8-10-28)19-45-41(58)35-18-32(55)22-53(35)42(59)37(44(2,3)4)51-40(57)30-16-31(17-30)50-39(56)29-13-11-27(12-14-29)34-21-47-43(54-23-49-52-38(34)54)46-20-33-6-5-15-60-33/h5-15,21,23-24,30-32,35,37,55H,16-20,22H2,1-4H3,(H,45,58)(H,46,47)(H,50,56)(H,51,57). The van der Waals surface area contributed by atoms with Crippen molar-refractivity contribution in [2.75, 3.05) is 11.9 Å². The number of thiazole rings is 1. The van der Waals surface area contributed by atoms with Gasteiger partial charge in [-0.1, -0.05) is 57.2 Å². The summed E-state index contributed by atoms with van der Waals surface area (Å²) < 4.78 is 7.15. The first kappa shape index (κ1) is 41.3. The van der Waals surface area contributed by atoms with Crippen molar-refractivity contribution in [1.82, 2.24) is 45.4 Å². The summed E-state index contributed by atoms with van der Waals surface area (Å²) in [7, 11) is 0. The number of aliphatic hydroxyl groups is 1. The topological polar surface area (TPSA) is 209 Å². The second-order valence-electron chi connectivity index (χ2n) is 16.8. The molecule has 6 aromatic rings. The highest BCUT2D eigenvalue weighted by Gasteiger charge is 2.46. The van der Waals surface area contributed by atoms with E-state index in [1.807, 2.05) is 81.7 Å². The Balaban J connectivity index is 0.833. The quantitative estimate of drug-likeness (QED) is 0.107. The zero-order valence-corrected chi connectivity index (χ0v) is 35.1. The third kappa shape index (κ3) is 9.02. The SMILES string of the molecule is Cc1ncsc1-c1ccc(CNC(=O)C2CC(O)CN2C(=O)C(NC(=O)C2CC(NC(=O)c3ccc(-c4cnc(NCc5ccco5)n5cnnc45)cc3)C2)C(C)(C)C)cc1. The van der Waals surface area contributed by atoms with Crippen molar-refractivity contribution >= 4 is 46.6 Å². The fourth-order valence-electron chi connectivity index (χ4n) is 7.79. The number of likely N-dealkylation sites (tertiary alicyclic amines) is 1. The molecule has 5 N–H and O–H groups in total. The van der Waals surface area contributed by atoms with Crippen LogP contribution >= 0.6 is 11.3 Å². The molecule has 316 valence electrons. The lowest BCUT2D eigenvalue weighted by Crippen LogP contribution is -2.60. The van der Waals surface area contributed by atoms with E-state index in [1.54, 1.807) is 46.7 Å². The average Bonchev–Trinajstić information content (AvgIpc) is 4.07. The van der Waals surface area contributed by atoms with Gasteiger partial charge in [-0.05, 0) is 66.1 Å². The Hall–Kier alpha value is -6.46. The monoisotopic (exact) mass is 844 g/mol. The highest BCUT2D eigenvalue weighted by molar-refractivity contribution is 7.13. The maximum absolute atomic E-state index is 14.1. The number of rotatable bonds is 13. The summed E-state index contributed by atoms with van der Waals surface area (Å²) in [5.74, 6) is -0.439. The van der Waals surface area contributed by atoms with E-state index in [9.17, 15) is 24.3 Å². The summed E-state index contributed by atoms with van der Waals surface area (Å²) in [5, 5.41) is 31.1. The Morgan fingerprint density at radius 2 is 1.70 bits per heavy atom. The minimum Gasteiger partial charge on any atom is -0.467 e. The van der Waals surface area contributed by atoms with E-state index in [2.05, 4.69) is 41.4 Å². The van der Waals surface area contributed by atoms with Crippen LogP contribution in [0.25, 0.3) is 27.2 Å². The number of hydrogen-bond acceptors (Lipinski definition) is 12. The molecule has 2 aromatic carbocycles. The number of hydrogen-bond donors (Lipinski definition) is 5. The molecule has 3 atom stereocenters. The molecule has 16 nitrogen and oxygen atoms in total. The number of anilines is 1. The minimum absolute atomic E-state index is 0.0144. The number of benzene rings is 2. The van der Waals surface area contributed by atoms with E-state index in [4.69, 9.17) is 4.42 Å². The van der Waals surface area contributed by atoms with E-state index in [0.29, 0.717) is 36.5 Å². The smallest absolute Gasteiger partial charge is 0.251 e. The Bertz CT molecular complexity index is 2520. The largest absolute Gasteiger partial charge is 0.467 e. The molecule has 1 aliphatic carbocycles. The van der Waals surface area contributed by atoms with Gasteiger partial charge in [0.15, 0.2) is 5.65 Å². The van der Waals surface area contributed by atoms with Gasteiger partial charge in [-0.3, -0.25) is 23.6 Å². The zero-order valence-electron chi connectivity index (χ0n) is 34.3. The normalized spacial score (nSPS) is 19.3. The van der Waals surface area contributed by atoms with Crippen LogP contribution in [0.3, 0.4) is 0 Å². The number of nitrogens with zero attached hydrogens (tertiary/aromatic N) is 6. The van der Waals surface area contributed by atoms with Crippen molar-refractivity contribution in [1.29, 1.82) is 0 Å². The molecule has 0 bridgehead atoms. The summed E-state index contributed by atoms with van der Waals surface area (Å²) in [6.07, 6.45) is 4.94. The van der Waals surface area contributed by atoms with Gasteiger partial charge in [-0.25, -0.2) is 9.97 Å². The highest BCUT2D eigenvalue weighted by Crippen LogP contribution is 2.32. The van der Waals surface area contributed by atoms with Crippen molar-refractivity contribution in [2.24, 2.45) is 11.3 Å². The predicted molar refractivity (Wildman–Crippen MR) is 228 cm³/mol. The predicted octanol–water partition coefficient (Wildman–Crippen LogP) is 4.75. The molecule has 4 aromatic heterocycles. The molecule has 4 amide bonds. The van der Waals surface area contributed by atoms with Crippen molar-refractivity contribution < 1.29 is 28.7 Å². The van der Waals surface area contributed by atoms with Gasteiger partial charge in [-0.15, -0.1) is 21.5 Å². The Labute approximate surface area is 356 Å². The van der Waals surface area contributed by atoms with Crippen LogP contribution in [0.2, 0.25) is 0 Å². The number of carbonyl (C=O) groups is 4. The summed E-state index contributed by atoms with van der Waals surface area (Å²) in [6.45, 7) is 8.21. The maximum atomic E-state index is 14.1. The molecular weight excluding hydrogens is 797 g/mol. The lowest BCUT2D eigenvalue weighted by molar-refractivity contribution is -0.145. The third-order valence-electron chi connectivity index (χ3n) is 11.3. The second-order valence-corrected chi connectivity index (χ2v) is 17.6. The van der Waals surface area contributed by atoms with Gasteiger partial charge in [0.25, 0.3) is 5.91 Å². The molecule has 2 aliphatic rings. The molecule has 1 saturated carbocycles. The first-order chi connectivity index (χ1) is 29.3. The van der Waals surface area contributed by atoms with Gasteiger partial charge >= 0.3 is 0 Å². The van der Waals surface area contributed by atoms with Crippen LogP contribution < -0.4 is 21.3 Å². The van der Waals surface area contributed by atoms with Crippen molar-refractivity contribution in [3.8, 4) is 21.6 Å². The van der Waals surface area contributed by atoms with Crippen molar-refractivity contribution in [3.63, 3.8) is 0 Å². The fraction of sp³-hybridized carbons (Fsp3) is 0.364. The van der Waals surface area contributed by atoms with Crippen LogP contribution in [0.5, 0.6) is 0 Å². The number of furan rings is 1. The summed E-state index contributed by atoms with van der Waals surface area (Å²) >= 11 is 1.57. The summed E-state index contributed by atoms with van der Waals surface area (Å²) in [5.41, 5.74) is 6.63. The van der Waals surface area contributed by atoms with E-state index in [1.165, 1.54) is 4.90 Å². The Kier molecular flexibility index (Phi) is 11.7. The van der Waals surface area contributed by atoms with Gasteiger partial charge in [0, 0.05) is 48.8 Å². The molecule has 1 saturated heterocycles. The molecule has 2 fully saturated rings. The number of aryl methyl sites for hydroxylation is 1. The molecule has 8 rings (SSSR count). The third-order valence-corrected chi connectivity index (χ3v) is 12.3. The van der Waals surface area contributed by atoms with E-state index in [-0.39, 0.29) is 43.3 Å². The molecular formula is C44H48N10O6S. The van der Waals surface area contributed by atoms with Crippen LogP contribution in [0.4, 0.5) is 5.95 Å². The molecule has 17 heteroatoms. The lowest BCUT2D eigenvalue weighted by atomic mass is 9.78. The molecule has 61 heavy (non-hydrogen) atoms. The number of fused-ring (bicyclic) bond motifs is 1. The number of aromatic nitrogens is 5. The summed E-state index contributed by atoms with van der Waals surface area (Å²) in [6, 6.07) is 16.6. The minimum atomic E-state index is -0.945. The molecule has 1 aliphatic heterocycles. The van der Waals surface area contributed by atoms with Gasteiger partial charge < -0.3 is 35.7 Å². The van der Waals surface area contributed by atoms with Crippen LogP contribution in [-0.2, 0) is 27.5 Å². The average molecular weight is 845 g/mol. The summed E-state index contributed by atoms with van der Waals surface area (Å²) in [4.78, 5) is 65.8. The number of carbonyl (C=O) groups excluding carboxylic acids is 4. The van der Waals surface area contributed by atoms with Crippen LogP contribution in [0.15, 0.2) is 89.4 Å². The van der Waals surface area contributed by atoms with Gasteiger partial charge in [0.05, 0.1) is 35.0 Å². The van der Waals surface area contributed by atoms with E-state index in [0.717, 1.165) is 38.6 Å². The van der Waals surface area contributed by atoms with E-state index >= 15 is 0 Å². The molecule has 5 heterocycles. The zero-order chi connectivity index (χ0) is 42.8. The van der Waals surface area contributed by atoms with Crippen LogP contribution in [0, 0.1) is 18.3 Å². The second kappa shape index (κ2) is 17.3. The highest BCUT2D eigenvalue weighted by atomic mass is 32.1. The number of aliphatic hydroxyl groups excluding tert-OH is 1. The van der Waals surface area contributed by atoms with Crippen LogP contribution in [-0.4, -0.2) is 89.0 Å². The van der Waals surface area contributed by atoms with Gasteiger partial charge in [0.1, 0.15) is 24.2 Å². The first-order valence-electron chi connectivity index (χ1n) is 20.2. The van der Waals surface area contributed by atoms with Crippen LogP contribution in [0.1, 0.15) is 67.4 Å². The van der Waals surface area contributed by atoms with Crippen molar-refractivity contribution in [3.05, 3.63) is 108 Å². The molecule has 3 unspecified atom stereocenters. The first-order valence-corrected chi connectivity index (χ1v) is 21.1. The van der Waals surface area contributed by atoms with Gasteiger partial charge in [0.2, 0.25) is 23.7 Å². The van der Waals surface area contributed by atoms with E-state index < -0.39 is 35.4 Å². The number of β-amino-alcohol motifs (C(OH)–C–C–N with tert-alkyl or cyclic N) is 1.